The van der Waals surface area contributed by atoms with Gasteiger partial charge in [0.15, 0.2) is 0 Å². The fourth-order valence-electron chi connectivity index (χ4n) is 1.49. The molecule has 4 nitrogen and oxygen atoms in total. The quantitative estimate of drug-likeness (QED) is 0.891. The lowest BCUT2D eigenvalue weighted by atomic mass is 10.2. The minimum Gasteiger partial charge on any atom is -0.466 e. The van der Waals surface area contributed by atoms with E-state index in [1.54, 1.807) is 32.0 Å². The first-order valence-corrected chi connectivity index (χ1v) is 5.44. The summed E-state index contributed by atoms with van der Waals surface area (Å²) in [5.74, 6) is 1.51. The predicted molar refractivity (Wildman–Crippen MR) is 65.4 cm³/mol. The van der Waals surface area contributed by atoms with Crippen molar-refractivity contribution in [3.8, 4) is 0 Å². The molecule has 0 spiro atoms. The highest BCUT2D eigenvalue weighted by Gasteiger charge is 2.13. The summed E-state index contributed by atoms with van der Waals surface area (Å²) in [5, 5.41) is 3.20. The number of amides is 1. The zero-order chi connectivity index (χ0) is 12.4. The van der Waals surface area contributed by atoms with Crippen molar-refractivity contribution in [3.05, 3.63) is 46.5 Å². The Morgan fingerprint density at radius 3 is 2.71 bits per heavy atom. The van der Waals surface area contributed by atoms with Gasteiger partial charge in [-0.25, -0.2) is 4.98 Å². The minimum atomic E-state index is -0.242. The van der Waals surface area contributed by atoms with E-state index >= 15 is 0 Å². The number of nitrogens with one attached hydrogen (secondary N) is 1. The fourth-order valence-corrected chi connectivity index (χ4v) is 1.60. The number of anilines is 1. The van der Waals surface area contributed by atoms with Crippen molar-refractivity contribution in [2.45, 2.75) is 13.8 Å². The largest absolute Gasteiger partial charge is 0.466 e. The Labute approximate surface area is 104 Å². The first kappa shape index (κ1) is 11.7. The number of hydrogen-bond acceptors (Lipinski definition) is 3. The molecule has 0 saturated carbocycles. The van der Waals surface area contributed by atoms with Crippen LogP contribution in [0.5, 0.6) is 0 Å². The third kappa shape index (κ3) is 2.65. The third-order valence-corrected chi connectivity index (χ3v) is 2.48. The molecule has 88 valence electrons. The topological polar surface area (TPSA) is 55.1 Å². The van der Waals surface area contributed by atoms with Gasteiger partial charge in [0.25, 0.3) is 5.91 Å². The van der Waals surface area contributed by atoms with Crippen molar-refractivity contribution in [2.75, 3.05) is 5.32 Å². The number of hydrogen-bond donors (Lipinski definition) is 1. The van der Waals surface area contributed by atoms with Crippen LogP contribution in [0.3, 0.4) is 0 Å². The fraction of sp³-hybridized carbons (Fsp3) is 0.167. The molecule has 2 aromatic rings. The molecule has 17 heavy (non-hydrogen) atoms. The summed E-state index contributed by atoms with van der Waals surface area (Å²) >= 11 is 5.70. The first-order chi connectivity index (χ1) is 8.06. The number of carbonyl (C=O) groups excluding carboxylic acids is 1. The van der Waals surface area contributed by atoms with Crippen molar-refractivity contribution >= 4 is 23.3 Å². The van der Waals surface area contributed by atoms with Crippen LogP contribution in [-0.2, 0) is 0 Å². The van der Waals surface area contributed by atoms with Crippen LogP contribution in [0.15, 0.2) is 28.8 Å². The maximum absolute atomic E-state index is 11.9. The zero-order valence-electron chi connectivity index (χ0n) is 9.45. The maximum Gasteiger partial charge on any atom is 0.260 e. The molecule has 0 atom stereocenters. The normalized spacial score (nSPS) is 10.3. The number of rotatable bonds is 2. The van der Waals surface area contributed by atoms with Crippen molar-refractivity contribution < 1.29 is 9.21 Å². The molecule has 1 N–H and O–H groups in total. The van der Waals surface area contributed by atoms with Crippen molar-refractivity contribution in [1.29, 1.82) is 0 Å². The van der Waals surface area contributed by atoms with E-state index in [0.717, 1.165) is 0 Å². The Bertz CT molecular complexity index is 546. The summed E-state index contributed by atoms with van der Waals surface area (Å²) in [5.41, 5.74) is 0.513. The van der Waals surface area contributed by atoms with Crippen LogP contribution < -0.4 is 5.32 Å². The van der Waals surface area contributed by atoms with Gasteiger partial charge in [0, 0.05) is 6.20 Å². The molecule has 2 aromatic heterocycles. The number of furan rings is 1. The lowest BCUT2D eigenvalue weighted by Crippen LogP contribution is -2.12. The van der Waals surface area contributed by atoms with Crippen LogP contribution >= 0.6 is 11.6 Å². The third-order valence-electron chi connectivity index (χ3n) is 2.25. The van der Waals surface area contributed by atoms with Crippen LogP contribution in [0.2, 0.25) is 5.02 Å². The number of carbonyl (C=O) groups is 1. The molecule has 1 amide bonds. The molecule has 0 unspecified atom stereocenters. The van der Waals surface area contributed by atoms with Gasteiger partial charge in [0.05, 0.1) is 10.6 Å². The van der Waals surface area contributed by atoms with Gasteiger partial charge in [-0.15, -0.1) is 0 Å². The van der Waals surface area contributed by atoms with Gasteiger partial charge in [-0.3, -0.25) is 4.79 Å². The lowest BCUT2D eigenvalue weighted by molar-refractivity contribution is 0.102. The van der Waals surface area contributed by atoms with Crippen LogP contribution in [0.4, 0.5) is 5.82 Å². The second-order valence-corrected chi connectivity index (χ2v) is 4.08. The van der Waals surface area contributed by atoms with E-state index in [1.165, 1.54) is 6.20 Å². The Balaban J connectivity index is 2.17. The van der Waals surface area contributed by atoms with Gasteiger partial charge in [0.2, 0.25) is 0 Å². The summed E-state index contributed by atoms with van der Waals surface area (Å²) < 4.78 is 5.29. The molecule has 2 heterocycles. The molecule has 0 fully saturated rings. The lowest BCUT2D eigenvalue weighted by Gasteiger charge is -2.02. The van der Waals surface area contributed by atoms with Crippen LogP contribution in [0.25, 0.3) is 0 Å². The number of nitrogens with zero attached hydrogens (tertiary/aromatic N) is 1. The second kappa shape index (κ2) is 4.59. The Morgan fingerprint density at radius 2 is 2.18 bits per heavy atom. The first-order valence-electron chi connectivity index (χ1n) is 5.06. The van der Waals surface area contributed by atoms with E-state index in [-0.39, 0.29) is 5.91 Å². The van der Waals surface area contributed by atoms with Gasteiger partial charge in [-0.2, -0.15) is 0 Å². The van der Waals surface area contributed by atoms with Gasteiger partial charge in [-0.05, 0) is 32.0 Å². The monoisotopic (exact) mass is 250 g/mol. The molecule has 0 aromatic carbocycles. The molecule has 5 heteroatoms. The summed E-state index contributed by atoms with van der Waals surface area (Å²) in [4.78, 5) is 15.9. The average molecular weight is 251 g/mol. The van der Waals surface area contributed by atoms with Crippen molar-refractivity contribution in [2.24, 2.45) is 0 Å². The molecule has 2 rings (SSSR count). The van der Waals surface area contributed by atoms with Crippen LogP contribution in [0.1, 0.15) is 21.9 Å². The molecular weight excluding hydrogens is 240 g/mol. The standard InChI is InChI=1S/C12H11ClN2O2/c1-7-5-10(8(2)17-7)12(16)15-11-4-3-9(13)6-14-11/h3-6H,1-2H3,(H,14,15,16). The summed E-state index contributed by atoms with van der Waals surface area (Å²) in [6.45, 7) is 3.54. The Morgan fingerprint density at radius 1 is 1.41 bits per heavy atom. The SMILES string of the molecule is Cc1cc(C(=O)Nc2ccc(Cl)cn2)c(C)o1. The molecule has 0 aliphatic carbocycles. The van der Waals surface area contributed by atoms with E-state index in [9.17, 15) is 4.79 Å². The van der Waals surface area contributed by atoms with E-state index in [4.69, 9.17) is 16.0 Å². The number of aromatic nitrogens is 1. The van der Waals surface area contributed by atoms with E-state index in [1.807, 2.05) is 0 Å². The van der Waals surface area contributed by atoms with Crippen LogP contribution in [-0.4, -0.2) is 10.9 Å². The highest BCUT2D eigenvalue weighted by molar-refractivity contribution is 6.30. The predicted octanol–water partition coefficient (Wildman–Crippen LogP) is 3.20. The van der Waals surface area contributed by atoms with Gasteiger partial charge in [0.1, 0.15) is 17.3 Å². The van der Waals surface area contributed by atoms with E-state index < -0.39 is 0 Å². The Hall–Kier alpha value is -1.81. The number of halogens is 1. The smallest absolute Gasteiger partial charge is 0.260 e. The summed E-state index contributed by atoms with van der Waals surface area (Å²) in [6, 6.07) is 5.00. The highest BCUT2D eigenvalue weighted by Crippen LogP contribution is 2.16. The molecule has 0 aliphatic heterocycles. The van der Waals surface area contributed by atoms with Crippen molar-refractivity contribution in [3.63, 3.8) is 0 Å². The van der Waals surface area contributed by atoms with Crippen LogP contribution in [0, 0.1) is 13.8 Å². The molecule has 0 aliphatic rings. The van der Waals surface area contributed by atoms with E-state index in [2.05, 4.69) is 10.3 Å². The average Bonchev–Trinajstić information content (AvgIpc) is 2.61. The highest BCUT2D eigenvalue weighted by atomic mass is 35.5. The van der Waals surface area contributed by atoms with Gasteiger partial charge in [-0.1, -0.05) is 11.6 Å². The summed E-state index contributed by atoms with van der Waals surface area (Å²) in [6.07, 6.45) is 1.48. The Kier molecular flexibility index (Phi) is 3.15. The maximum atomic E-state index is 11.9. The molecule has 0 bridgehead atoms. The van der Waals surface area contributed by atoms with Gasteiger partial charge < -0.3 is 9.73 Å². The number of aryl methyl sites for hydroxylation is 2. The molecule has 0 saturated heterocycles. The summed E-state index contributed by atoms with van der Waals surface area (Å²) in [7, 11) is 0. The van der Waals surface area contributed by atoms with Gasteiger partial charge >= 0.3 is 0 Å². The molecule has 0 radical (unpaired) electrons. The molecular formula is C12H11ClN2O2. The minimum absolute atomic E-state index is 0.242. The number of pyridine rings is 1. The van der Waals surface area contributed by atoms with Crippen molar-refractivity contribution in [1.82, 2.24) is 4.98 Å². The second-order valence-electron chi connectivity index (χ2n) is 3.64. The zero-order valence-corrected chi connectivity index (χ0v) is 10.2. The van der Waals surface area contributed by atoms with E-state index in [0.29, 0.717) is 27.9 Å².